The molecule has 0 rings (SSSR count). The Morgan fingerprint density at radius 1 is 1.38 bits per heavy atom. The minimum absolute atomic E-state index is 0.0812. The van der Waals surface area contributed by atoms with Gasteiger partial charge in [0.1, 0.15) is 0 Å². The summed E-state index contributed by atoms with van der Waals surface area (Å²) >= 11 is 3.28. The van der Waals surface area contributed by atoms with Crippen LogP contribution in [0.15, 0.2) is 0 Å². The van der Waals surface area contributed by atoms with E-state index in [1.54, 1.807) is 0 Å². The molecule has 0 radical (unpaired) electrons. The maximum absolute atomic E-state index is 11.1. The van der Waals surface area contributed by atoms with Crippen LogP contribution in [0.3, 0.4) is 0 Å². The Morgan fingerprint density at radius 2 is 2.00 bits per heavy atom. The Hall–Kier alpha value is -0.0731. The molecule has 0 aliphatic heterocycles. The quantitative estimate of drug-likeness (QED) is 0.329. The summed E-state index contributed by atoms with van der Waals surface area (Å²) < 4.78 is 0. The average molecular weight is 261 g/mol. The number of alkyl halides is 1. The monoisotopic (exact) mass is 260 g/mol. The second kappa shape index (κ2) is 6.39. The van der Waals surface area contributed by atoms with Gasteiger partial charge in [0.05, 0.1) is 8.07 Å². The van der Waals surface area contributed by atoms with E-state index in [9.17, 15) is 4.79 Å². The summed E-state index contributed by atoms with van der Waals surface area (Å²) in [6.45, 7) is 6.76. The average Bonchev–Trinajstić information content (AvgIpc) is 1.98. The van der Waals surface area contributed by atoms with Crippen LogP contribution in [0.2, 0.25) is 25.7 Å². The van der Waals surface area contributed by atoms with E-state index >= 15 is 0 Å². The highest BCUT2D eigenvalue weighted by Gasteiger charge is 2.09. The summed E-state index contributed by atoms with van der Waals surface area (Å²) in [4.78, 5) is 11.1. The molecule has 0 aromatic rings. The molecule has 0 aliphatic rings. The molecule has 0 heterocycles. The van der Waals surface area contributed by atoms with E-state index in [-0.39, 0.29) is 5.78 Å². The fourth-order valence-electron chi connectivity index (χ4n) is 0.698. The second-order valence-electron chi connectivity index (χ2n) is 4.25. The lowest BCUT2D eigenvalue weighted by molar-refractivity contribution is -0.113. The molecule has 13 heavy (non-hydrogen) atoms. The topological polar surface area (TPSA) is 17.1 Å². The largest absolute Gasteiger partial charge is 0.285 e. The van der Waals surface area contributed by atoms with Crippen molar-refractivity contribution in [3.05, 3.63) is 0 Å². The maximum Gasteiger partial charge on any atom is 0.205 e. The van der Waals surface area contributed by atoms with E-state index in [4.69, 9.17) is 0 Å². The van der Waals surface area contributed by atoms with Gasteiger partial charge in [0.2, 0.25) is 5.78 Å². The van der Waals surface area contributed by atoms with Crippen molar-refractivity contribution in [2.75, 3.05) is 5.33 Å². The molecule has 0 amide bonds. The van der Waals surface area contributed by atoms with Gasteiger partial charge in [-0.2, -0.15) is 0 Å². The van der Waals surface area contributed by atoms with Gasteiger partial charge in [-0.15, -0.1) is 0 Å². The minimum atomic E-state index is -1.09. The summed E-state index contributed by atoms with van der Waals surface area (Å²) in [6, 6.07) is 0.924. The van der Waals surface area contributed by atoms with Crippen LogP contribution in [0.5, 0.6) is 0 Å². The van der Waals surface area contributed by atoms with Crippen molar-refractivity contribution >= 4 is 29.8 Å². The molecule has 0 aliphatic carbocycles. The van der Waals surface area contributed by atoms with Gasteiger partial charge >= 0.3 is 0 Å². The predicted molar refractivity (Wildman–Crippen MR) is 64.0 cm³/mol. The zero-order valence-electron chi connectivity index (χ0n) is 8.61. The minimum Gasteiger partial charge on any atom is -0.285 e. The Morgan fingerprint density at radius 3 is 2.46 bits per heavy atom. The molecular weight excluding hydrogens is 244 g/mol. The third-order valence-electron chi connectivity index (χ3n) is 1.38. The Kier molecular flexibility index (Phi) is 6.36. The fourth-order valence-corrected chi connectivity index (χ4v) is 1.60. The number of rotatable bonds is 4. The van der Waals surface area contributed by atoms with Gasteiger partial charge in [-0.1, -0.05) is 41.5 Å². The predicted octanol–water partition coefficient (Wildman–Crippen LogP) is 3.07. The van der Waals surface area contributed by atoms with E-state index in [1.165, 1.54) is 0 Å². The molecule has 0 aromatic heterocycles. The van der Waals surface area contributed by atoms with Crippen molar-refractivity contribution in [1.82, 2.24) is 0 Å². The zero-order chi connectivity index (χ0) is 10.3. The molecule has 0 bridgehead atoms. The van der Waals surface area contributed by atoms with Crippen LogP contribution in [-0.4, -0.2) is 19.2 Å². The number of hydrogen-bond donors (Lipinski definition) is 0. The van der Waals surface area contributed by atoms with Gasteiger partial charge in [-0.05, 0) is 12.3 Å². The van der Waals surface area contributed by atoms with E-state index in [0.29, 0.717) is 6.42 Å². The Labute approximate surface area is 90.4 Å². The molecule has 0 aromatic carbocycles. The standard InChI is InChI=1S/C10H17BrOSi/c1-13(2,3)9-5-7-10(12)6-4-8-11/h4,6,8-9H2,1-3H3. The first-order chi connectivity index (χ1) is 5.95. The van der Waals surface area contributed by atoms with Crippen molar-refractivity contribution in [1.29, 1.82) is 0 Å². The first kappa shape index (κ1) is 12.9. The van der Waals surface area contributed by atoms with Crippen LogP contribution in [0.1, 0.15) is 12.8 Å². The first-order valence-electron chi connectivity index (χ1n) is 4.53. The van der Waals surface area contributed by atoms with Gasteiger partial charge in [0.15, 0.2) is 0 Å². The molecule has 0 N–H and O–H groups in total. The van der Waals surface area contributed by atoms with Crippen molar-refractivity contribution < 1.29 is 4.79 Å². The summed E-state index contributed by atoms with van der Waals surface area (Å²) in [7, 11) is -1.09. The second-order valence-corrected chi connectivity index (χ2v) is 10.5. The van der Waals surface area contributed by atoms with Crippen LogP contribution in [0.4, 0.5) is 0 Å². The van der Waals surface area contributed by atoms with Gasteiger partial charge < -0.3 is 0 Å². The number of hydrogen-bond acceptors (Lipinski definition) is 1. The molecule has 0 saturated carbocycles. The lowest BCUT2D eigenvalue weighted by Crippen LogP contribution is -2.17. The molecule has 0 fully saturated rings. The molecular formula is C10H17BrOSi. The fraction of sp³-hybridized carbons (Fsp3) is 0.700. The van der Waals surface area contributed by atoms with E-state index in [0.717, 1.165) is 17.8 Å². The summed E-state index contributed by atoms with van der Waals surface area (Å²) in [5, 5.41) is 0.883. The van der Waals surface area contributed by atoms with Crippen LogP contribution in [-0.2, 0) is 4.79 Å². The first-order valence-corrected chi connectivity index (χ1v) is 9.36. The highest BCUT2D eigenvalue weighted by molar-refractivity contribution is 9.09. The molecule has 0 saturated heterocycles. The molecule has 0 atom stereocenters. The van der Waals surface area contributed by atoms with Crippen LogP contribution >= 0.6 is 15.9 Å². The van der Waals surface area contributed by atoms with Gasteiger partial charge in [-0.3, -0.25) is 4.79 Å². The van der Waals surface area contributed by atoms with Gasteiger partial charge in [0, 0.05) is 17.8 Å². The van der Waals surface area contributed by atoms with Gasteiger partial charge in [0.25, 0.3) is 0 Å². The van der Waals surface area contributed by atoms with Crippen LogP contribution in [0, 0.1) is 11.8 Å². The van der Waals surface area contributed by atoms with Gasteiger partial charge in [-0.25, -0.2) is 0 Å². The van der Waals surface area contributed by atoms with Crippen molar-refractivity contribution in [2.24, 2.45) is 0 Å². The molecule has 0 unspecified atom stereocenters. The molecule has 0 spiro atoms. The summed E-state index contributed by atoms with van der Waals surface area (Å²) in [5.41, 5.74) is 0. The van der Waals surface area contributed by atoms with Crippen LogP contribution < -0.4 is 0 Å². The smallest absolute Gasteiger partial charge is 0.205 e. The zero-order valence-corrected chi connectivity index (χ0v) is 11.2. The number of carbonyl (C=O) groups excluding carboxylic acids is 1. The molecule has 74 valence electrons. The lowest BCUT2D eigenvalue weighted by atomic mass is 10.2. The third-order valence-corrected chi connectivity index (χ3v) is 3.18. The van der Waals surface area contributed by atoms with E-state index in [2.05, 4.69) is 47.4 Å². The maximum atomic E-state index is 11.1. The number of carbonyl (C=O) groups is 1. The summed E-state index contributed by atoms with van der Waals surface area (Å²) in [6.07, 6.45) is 1.48. The number of ketones is 1. The summed E-state index contributed by atoms with van der Waals surface area (Å²) in [5.74, 6) is 5.76. The molecule has 1 nitrogen and oxygen atoms in total. The van der Waals surface area contributed by atoms with Crippen molar-refractivity contribution in [3.63, 3.8) is 0 Å². The molecule has 3 heteroatoms. The lowest BCUT2D eigenvalue weighted by Gasteiger charge is -2.09. The van der Waals surface area contributed by atoms with E-state index in [1.807, 2.05) is 0 Å². The van der Waals surface area contributed by atoms with Crippen molar-refractivity contribution in [2.45, 2.75) is 38.5 Å². The highest BCUT2D eigenvalue weighted by Crippen LogP contribution is 2.05. The normalized spacial score (nSPS) is 10.5. The highest BCUT2D eigenvalue weighted by atomic mass is 79.9. The number of halogens is 1. The Balaban J connectivity index is 3.76. The van der Waals surface area contributed by atoms with Crippen LogP contribution in [0.25, 0.3) is 0 Å². The number of Topliss-reactive ketones (excluding diaryl/α,β-unsaturated/α-hetero) is 1. The van der Waals surface area contributed by atoms with E-state index < -0.39 is 8.07 Å². The van der Waals surface area contributed by atoms with Crippen molar-refractivity contribution in [3.8, 4) is 11.8 Å². The third kappa shape index (κ3) is 9.84. The SMILES string of the molecule is C[Si](C)(C)CC#CC(=O)CCCBr. The Bertz CT molecular complexity index is 219.